The number of sulfonamides is 1. The lowest BCUT2D eigenvalue weighted by Crippen LogP contribution is -2.51. The van der Waals surface area contributed by atoms with Crippen molar-refractivity contribution in [2.75, 3.05) is 17.4 Å². The van der Waals surface area contributed by atoms with Crippen molar-refractivity contribution in [3.05, 3.63) is 92.4 Å². The maximum atomic E-state index is 13.9. The van der Waals surface area contributed by atoms with Crippen molar-refractivity contribution in [1.82, 2.24) is 10.2 Å². The molecule has 0 unspecified atom stereocenters. The maximum absolute atomic E-state index is 13.9. The maximum Gasteiger partial charge on any atom is 0.264 e. The van der Waals surface area contributed by atoms with Gasteiger partial charge < -0.3 is 10.2 Å². The molecule has 0 aromatic heterocycles. The van der Waals surface area contributed by atoms with Gasteiger partial charge in [-0.3, -0.25) is 13.9 Å². The molecule has 12 heteroatoms. The molecule has 3 aromatic carbocycles. The number of halogens is 4. The Labute approximate surface area is 255 Å². The molecule has 3 aromatic rings. The zero-order valence-corrected chi connectivity index (χ0v) is 25.9. The highest BCUT2D eigenvalue weighted by atomic mass is 35.5. The van der Waals surface area contributed by atoms with E-state index in [2.05, 4.69) is 5.32 Å². The first kappa shape index (κ1) is 32.0. The summed E-state index contributed by atoms with van der Waals surface area (Å²) in [5.41, 5.74) is 0.795. The molecular formula is C28H29Cl4N3O4S. The van der Waals surface area contributed by atoms with Crippen molar-refractivity contribution in [2.45, 2.75) is 38.3 Å². The number of rotatable bonds is 11. The van der Waals surface area contributed by atoms with Crippen molar-refractivity contribution >= 4 is 73.9 Å². The molecule has 40 heavy (non-hydrogen) atoms. The minimum absolute atomic E-state index is 0.0175. The normalized spacial score (nSPS) is 12.2. The first-order chi connectivity index (χ1) is 18.8. The van der Waals surface area contributed by atoms with Crippen molar-refractivity contribution in [3.63, 3.8) is 0 Å². The second-order valence-electron chi connectivity index (χ2n) is 9.53. The zero-order chi connectivity index (χ0) is 29.6. The third kappa shape index (κ3) is 8.27. The molecule has 0 radical (unpaired) electrons. The second kappa shape index (κ2) is 13.9. The number of carbonyl (C=O) groups is 2. The Morgan fingerprint density at radius 2 is 1.52 bits per heavy atom. The Hall–Kier alpha value is -2.49. The van der Waals surface area contributed by atoms with Crippen LogP contribution in [0.4, 0.5) is 5.69 Å². The summed E-state index contributed by atoms with van der Waals surface area (Å²) in [7, 11) is -4.24. The van der Waals surface area contributed by atoms with Crippen LogP contribution in [0.3, 0.4) is 0 Å². The van der Waals surface area contributed by atoms with Gasteiger partial charge in [-0.25, -0.2) is 8.42 Å². The zero-order valence-electron chi connectivity index (χ0n) is 22.1. The highest BCUT2D eigenvalue weighted by molar-refractivity contribution is 7.92. The summed E-state index contributed by atoms with van der Waals surface area (Å²) in [6, 6.07) is 15.7. The SMILES string of the molecule is CC(C)CNC(=O)[C@@H](C)N(Cc1ccc(Cl)c(Cl)c1)C(=O)CN(c1cccc(Cl)c1)S(=O)(=O)c1ccc(Cl)cc1. The molecule has 0 bridgehead atoms. The molecule has 0 aliphatic carbocycles. The van der Waals surface area contributed by atoms with Gasteiger partial charge in [0.05, 0.1) is 20.6 Å². The summed E-state index contributed by atoms with van der Waals surface area (Å²) in [5.74, 6) is -0.800. The van der Waals surface area contributed by atoms with Crippen LogP contribution in [0, 0.1) is 5.92 Å². The van der Waals surface area contributed by atoms with Gasteiger partial charge in [-0.05, 0) is 73.0 Å². The number of nitrogens with one attached hydrogen (secondary N) is 1. The summed E-state index contributed by atoms with van der Waals surface area (Å²) in [4.78, 5) is 28.2. The molecule has 7 nitrogen and oxygen atoms in total. The van der Waals surface area contributed by atoms with Crippen LogP contribution in [0.5, 0.6) is 0 Å². The Morgan fingerprint density at radius 1 is 0.850 bits per heavy atom. The van der Waals surface area contributed by atoms with Gasteiger partial charge in [0, 0.05) is 23.1 Å². The molecular weight excluding hydrogens is 616 g/mol. The minimum Gasteiger partial charge on any atom is -0.354 e. The van der Waals surface area contributed by atoms with Crippen LogP contribution >= 0.6 is 46.4 Å². The van der Waals surface area contributed by atoms with Crippen molar-refractivity contribution in [3.8, 4) is 0 Å². The number of hydrogen-bond acceptors (Lipinski definition) is 4. The molecule has 0 fully saturated rings. The molecule has 0 saturated carbocycles. The van der Waals surface area contributed by atoms with Gasteiger partial charge in [0.15, 0.2) is 0 Å². The minimum atomic E-state index is -4.24. The van der Waals surface area contributed by atoms with E-state index in [4.69, 9.17) is 46.4 Å². The fourth-order valence-electron chi connectivity index (χ4n) is 3.76. The van der Waals surface area contributed by atoms with E-state index in [9.17, 15) is 18.0 Å². The van der Waals surface area contributed by atoms with E-state index in [0.717, 1.165) is 4.31 Å². The van der Waals surface area contributed by atoms with Gasteiger partial charge in [0.2, 0.25) is 11.8 Å². The van der Waals surface area contributed by atoms with Crippen LogP contribution in [0.25, 0.3) is 0 Å². The fraction of sp³-hybridized carbons (Fsp3) is 0.286. The molecule has 1 N–H and O–H groups in total. The van der Waals surface area contributed by atoms with Crippen LogP contribution in [0.1, 0.15) is 26.3 Å². The van der Waals surface area contributed by atoms with Crippen LogP contribution < -0.4 is 9.62 Å². The highest BCUT2D eigenvalue weighted by Gasteiger charge is 2.32. The van der Waals surface area contributed by atoms with Crippen molar-refractivity contribution < 1.29 is 18.0 Å². The fourth-order valence-corrected chi connectivity index (χ4v) is 5.80. The number of amides is 2. The van der Waals surface area contributed by atoms with E-state index < -0.39 is 28.5 Å². The number of anilines is 1. The van der Waals surface area contributed by atoms with Crippen LogP contribution in [0.2, 0.25) is 20.1 Å². The largest absolute Gasteiger partial charge is 0.354 e. The molecule has 0 saturated heterocycles. The molecule has 214 valence electrons. The number of hydrogen-bond donors (Lipinski definition) is 1. The first-order valence-electron chi connectivity index (χ1n) is 12.3. The van der Waals surface area contributed by atoms with E-state index in [1.165, 1.54) is 41.3 Å². The van der Waals surface area contributed by atoms with Crippen molar-refractivity contribution in [2.24, 2.45) is 5.92 Å². The van der Waals surface area contributed by atoms with Gasteiger partial charge >= 0.3 is 0 Å². The van der Waals surface area contributed by atoms with E-state index >= 15 is 0 Å². The monoisotopic (exact) mass is 643 g/mol. The quantitative estimate of drug-likeness (QED) is 0.252. The molecule has 0 aliphatic rings. The summed E-state index contributed by atoms with van der Waals surface area (Å²) >= 11 is 24.4. The average Bonchev–Trinajstić information content (AvgIpc) is 2.90. The predicted molar refractivity (Wildman–Crippen MR) is 162 cm³/mol. The van der Waals surface area contributed by atoms with Gasteiger partial charge in [-0.1, -0.05) is 72.4 Å². The average molecular weight is 645 g/mol. The first-order valence-corrected chi connectivity index (χ1v) is 15.3. The standard InChI is InChI=1S/C28H29Cl4N3O4S/c1-18(2)15-33-28(37)19(3)34(16-20-7-12-25(31)26(32)13-20)27(36)17-35(23-6-4-5-22(30)14-23)40(38,39)24-10-8-21(29)9-11-24/h4-14,18-19H,15-17H2,1-3H3,(H,33,37)/t19-/m1/s1. The topological polar surface area (TPSA) is 86.8 Å². The summed E-state index contributed by atoms with van der Waals surface area (Å²) < 4.78 is 28.5. The molecule has 1 atom stereocenters. The smallest absolute Gasteiger partial charge is 0.264 e. The molecule has 0 heterocycles. The Balaban J connectivity index is 2.03. The lowest BCUT2D eigenvalue weighted by Gasteiger charge is -2.32. The predicted octanol–water partition coefficient (Wildman–Crippen LogP) is 6.69. The van der Waals surface area contributed by atoms with Crippen LogP contribution in [-0.4, -0.2) is 44.3 Å². The van der Waals surface area contributed by atoms with Crippen LogP contribution in [-0.2, 0) is 26.2 Å². The highest BCUT2D eigenvalue weighted by Crippen LogP contribution is 2.28. The Morgan fingerprint density at radius 3 is 2.12 bits per heavy atom. The summed E-state index contributed by atoms with van der Waals surface area (Å²) in [6.45, 7) is 5.28. The molecule has 3 rings (SSSR count). The van der Waals surface area contributed by atoms with E-state index in [1.54, 1.807) is 37.3 Å². The molecule has 0 aliphatic heterocycles. The van der Waals surface area contributed by atoms with Gasteiger partial charge in [0.25, 0.3) is 10.0 Å². The van der Waals surface area contributed by atoms with E-state index in [-0.39, 0.29) is 39.0 Å². The van der Waals surface area contributed by atoms with Gasteiger partial charge in [-0.15, -0.1) is 0 Å². The van der Waals surface area contributed by atoms with Crippen LogP contribution in [0.15, 0.2) is 71.6 Å². The third-order valence-corrected chi connectivity index (χ3v) is 8.98. The van der Waals surface area contributed by atoms with Gasteiger partial charge in [-0.2, -0.15) is 0 Å². The summed E-state index contributed by atoms with van der Waals surface area (Å²) in [5, 5.41) is 4.11. The number of nitrogens with zero attached hydrogens (tertiary/aromatic N) is 2. The molecule has 2 amide bonds. The molecule has 0 spiro atoms. The van der Waals surface area contributed by atoms with E-state index in [0.29, 0.717) is 22.2 Å². The third-order valence-electron chi connectivity index (χ3n) is 5.97. The lowest BCUT2D eigenvalue weighted by atomic mass is 10.1. The number of benzene rings is 3. The summed E-state index contributed by atoms with van der Waals surface area (Å²) in [6.07, 6.45) is 0. The Kier molecular flexibility index (Phi) is 11.1. The Bertz CT molecular complexity index is 1470. The second-order valence-corrected chi connectivity index (χ2v) is 13.1. The van der Waals surface area contributed by atoms with E-state index in [1.807, 2.05) is 13.8 Å². The lowest BCUT2D eigenvalue weighted by molar-refractivity contribution is -0.139. The van der Waals surface area contributed by atoms with Crippen molar-refractivity contribution in [1.29, 1.82) is 0 Å². The van der Waals surface area contributed by atoms with Gasteiger partial charge in [0.1, 0.15) is 12.6 Å². The number of carbonyl (C=O) groups excluding carboxylic acids is 2.